The highest BCUT2D eigenvalue weighted by molar-refractivity contribution is 5.10. The second-order valence-electron chi connectivity index (χ2n) is 2.36. The van der Waals surface area contributed by atoms with E-state index in [0.717, 1.165) is 0 Å². The van der Waals surface area contributed by atoms with Crippen molar-refractivity contribution in [3.8, 4) is 0 Å². The third-order valence-corrected chi connectivity index (χ3v) is 1.34. The number of rotatable bonds is 0. The molecule has 0 aromatic heterocycles. The Morgan fingerprint density at radius 1 is 1.18 bits per heavy atom. The first-order chi connectivity index (χ1) is 5.39. The minimum absolute atomic E-state index is 0.370. The third kappa shape index (κ3) is 3.63. The Morgan fingerprint density at radius 3 is 2.91 bits per heavy atom. The van der Waals surface area contributed by atoms with Crippen LogP contribution in [0.4, 0.5) is 0 Å². The van der Waals surface area contributed by atoms with Gasteiger partial charge in [-0.05, 0) is 12.5 Å². The van der Waals surface area contributed by atoms with Gasteiger partial charge in [0.25, 0.3) is 0 Å². The van der Waals surface area contributed by atoms with Crippen molar-refractivity contribution in [2.75, 3.05) is 6.61 Å². The molecule has 1 atom stereocenters. The summed E-state index contributed by atoms with van der Waals surface area (Å²) in [7, 11) is 0. The van der Waals surface area contributed by atoms with Gasteiger partial charge in [-0.15, -0.1) is 0 Å². The van der Waals surface area contributed by atoms with Crippen LogP contribution >= 0.6 is 0 Å². The molecule has 2 heteroatoms. The van der Waals surface area contributed by atoms with Crippen molar-refractivity contribution in [2.45, 2.75) is 12.5 Å². The van der Waals surface area contributed by atoms with E-state index in [4.69, 9.17) is 4.74 Å². The summed E-state index contributed by atoms with van der Waals surface area (Å²) in [6, 6.07) is 0. The van der Waals surface area contributed by atoms with Crippen molar-refractivity contribution in [1.82, 2.24) is 0 Å². The number of allylic oxidation sites excluding steroid dienone is 4. The van der Waals surface area contributed by atoms with Crippen molar-refractivity contribution in [1.29, 1.82) is 0 Å². The molecular formula is C9H12O2. The highest BCUT2D eigenvalue weighted by atomic mass is 16.5. The maximum absolute atomic E-state index is 9.20. The number of hydrogen-bond donors (Lipinski definition) is 1. The molecule has 0 aliphatic carbocycles. The van der Waals surface area contributed by atoms with E-state index in [1.165, 1.54) is 0 Å². The van der Waals surface area contributed by atoms with Gasteiger partial charge in [-0.1, -0.05) is 24.3 Å². The highest BCUT2D eigenvalue weighted by Crippen LogP contribution is 1.97. The zero-order valence-corrected chi connectivity index (χ0v) is 6.31. The van der Waals surface area contributed by atoms with Gasteiger partial charge in [-0.2, -0.15) is 0 Å². The molecule has 0 radical (unpaired) electrons. The zero-order valence-electron chi connectivity index (χ0n) is 6.31. The van der Waals surface area contributed by atoms with Crippen LogP contribution in [0.15, 0.2) is 36.6 Å². The summed E-state index contributed by atoms with van der Waals surface area (Å²) in [6.07, 6.45) is 11.3. The lowest BCUT2D eigenvalue weighted by Gasteiger charge is -2.06. The molecule has 0 aromatic rings. The number of aliphatic hydroxyl groups excluding tert-OH is 1. The SMILES string of the molecule is OC1C/C=C/C=C\C=C\OC1. The quantitative estimate of drug-likeness (QED) is 0.568. The van der Waals surface area contributed by atoms with Gasteiger partial charge in [0.2, 0.25) is 0 Å². The van der Waals surface area contributed by atoms with Gasteiger partial charge in [-0.3, -0.25) is 0 Å². The molecule has 1 heterocycles. The van der Waals surface area contributed by atoms with Gasteiger partial charge >= 0.3 is 0 Å². The summed E-state index contributed by atoms with van der Waals surface area (Å²) in [5.74, 6) is 0. The van der Waals surface area contributed by atoms with E-state index < -0.39 is 0 Å². The Bertz CT molecular complexity index is 180. The van der Waals surface area contributed by atoms with Gasteiger partial charge in [-0.25, -0.2) is 0 Å². The van der Waals surface area contributed by atoms with Crippen LogP contribution in [0.3, 0.4) is 0 Å². The number of ether oxygens (including phenoxy) is 1. The second kappa shape index (κ2) is 4.74. The molecule has 0 fully saturated rings. The maximum atomic E-state index is 9.20. The zero-order chi connectivity index (χ0) is 7.94. The summed E-state index contributed by atoms with van der Waals surface area (Å²) >= 11 is 0. The molecule has 0 spiro atoms. The Morgan fingerprint density at radius 2 is 2.00 bits per heavy atom. The molecular weight excluding hydrogens is 140 g/mol. The first kappa shape index (κ1) is 8.08. The molecule has 1 rings (SSSR count). The van der Waals surface area contributed by atoms with Crippen molar-refractivity contribution >= 4 is 0 Å². The van der Waals surface area contributed by atoms with Gasteiger partial charge in [0.15, 0.2) is 0 Å². The minimum Gasteiger partial charge on any atom is -0.498 e. The molecule has 0 saturated carbocycles. The predicted molar refractivity (Wildman–Crippen MR) is 44.0 cm³/mol. The van der Waals surface area contributed by atoms with Crippen LogP contribution in [0, 0.1) is 0 Å². The number of aliphatic hydroxyl groups is 1. The Labute approximate surface area is 66.5 Å². The molecule has 0 amide bonds. The van der Waals surface area contributed by atoms with Gasteiger partial charge < -0.3 is 9.84 Å². The average Bonchev–Trinajstić information content (AvgIpc) is 2.03. The summed E-state index contributed by atoms with van der Waals surface area (Å²) < 4.78 is 5.01. The molecule has 11 heavy (non-hydrogen) atoms. The molecule has 2 nitrogen and oxygen atoms in total. The second-order valence-corrected chi connectivity index (χ2v) is 2.36. The summed E-state index contributed by atoms with van der Waals surface area (Å²) in [5.41, 5.74) is 0. The maximum Gasteiger partial charge on any atom is 0.113 e. The lowest BCUT2D eigenvalue weighted by atomic mass is 10.2. The van der Waals surface area contributed by atoms with Crippen molar-refractivity contribution in [3.05, 3.63) is 36.6 Å². The molecule has 1 unspecified atom stereocenters. The standard InChI is InChI=1S/C9H12O2/c10-9-6-4-2-1-3-5-7-11-8-9/h1-5,7,9-10H,6,8H2/b3-1-,4-2+,7-5+. The highest BCUT2D eigenvalue weighted by Gasteiger charge is 1.99. The largest absolute Gasteiger partial charge is 0.498 e. The molecule has 0 aromatic carbocycles. The molecule has 1 N–H and O–H groups in total. The van der Waals surface area contributed by atoms with Crippen molar-refractivity contribution in [2.24, 2.45) is 0 Å². The van der Waals surface area contributed by atoms with Crippen molar-refractivity contribution < 1.29 is 9.84 Å². The lowest BCUT2D eigenvalue weighted by molar-refractivity contribution is 0.0863. The van der Waals surface area contributed by atoms with Crippen LogP contribution in [0.1, 0.15) is 6.42 Å². The van der Waals surface area contributed by atoms with Gasteiger partial charge in [0, 0.05) is 0 Å². The van der Waals surface area contributed by atoms with E-state index in [9.17, 15) is 5.11 Å². The minimum atomic E-state index is -0.387. The van der Waals surface area contributed by atoms with E-state index in [-0.39, 0.29) is 6.10 Å². The van der Waals surface area contributed by atoms with Gasteiger partial charge in [0.05, 0.1) is 12.4 Å². The van der Waals surface area contributed by atoms with Crippen LogP contribution in [0.5, 0.6) is 0 Å². The lowest BCUT2D eigenvalue weighted by Crippen LogP contribution is -2.11. The molecule has 1 aliphatic rings. The van der Waals surface area contributed by atoms with E-state index in [1.54, 1.807) is 12.3 Å². The van der Waals surface area contributed by atoms with Crippen LogP contribution in [-0.2, 0) is 4.74 Å². The summed E-state index contributed by atoms with van der Waals surface area (Å²) in [5, 5.41) is 9.20. The van der Waals surface area contributed by atoms with E-state index in [0.29, 0.717) is 13.0 Å². The van der Waals surface area contributed by atoms with Crippen molar-refractivity contribution in [3.63, 3.8) is 0 Å². The van der Waals surface area contributed by atoms with E-state index in [2.05, 4.69) is 0 Å². The molecule has 60 valence electrons. The normalized spacial score (nSPS) is 33.4. The Balaban J connectivity index is 2.48. The van der Waals surface area contributed by atoms with E-state index in [1.807, 2.05) is 24.3 Å². The fourth-order valence-electron chi connectivity index (χ4n) is 0.778. The monoisotopic (exact) mass is 152 g/mol. The van der Waals surface area contributed by atoms with E-state index >= 15 is 0 Å². The first-order valence-corrected chi connectivity index (χ1v) is 3.67. The fraction of sp³-hybridized carbons (Fsp3) is 0.333. The molecule has 1 aliphatic heterocycles. The Hall–Kier alpha value is -1.02. The van der Waals surface area contributed by atoms with Crippen LogP contribution in [0.25, 0.3) is 0 Å². The van der Waals surface area contributed by atoms with Gasteiger partial charge in [0.1, 0.15) is 6.61 Å². The molecule has 0 bridgehead atoms. The molecule has 0 saturated heterocycles. The average molecular weight is 152 g/mol. The first-order valence-electron chi connectivity index (χ1n) is 3.67. The summed E-state index contributed by atoms with van der Waals surface area (Å²) in [6.45, 7) is 0.370. The third-order valence-electron chi connectivity index (χ3n) is 1.34. The van der Waals surface area contributed by atoms with Crippen LogP contribution in [0.2, 0.25) is 0 Å². The fourth-order valence-corrected chi connectivity index (χ4v) is 0.778. The predicted octanol–water partition coefficient (Wildman–Crippen LogP) is 1.39. The Kier molecular flexibility index (Phi) is 3.48. The van der Waals surface area contributed by atoms with Crippen LogP contribution in [-0.4, -0.2) is 17.8 Å². The topological polar surface area (TPSA) is 29.5 Å². The van der Waals surface area contributed by atoms with Crippen LogP contribution < -0.4 is 0 Å². The smallest absolute Gasteiger partial charge is 0.113 e. The summed E-state index contributed by atoms with van der Waals surface area (Å²) in [4.78, 5) is 0. The number of hydrogen-bond acceptors (Lipinski definition) is 2.